The number of hydrogen-bond donors (Lipinski definition) is 3. The molecule has 2 amide bonds. The summed E-state index contributed by atoms with van der Waals surface area (Å²) >= 11 is 0. The molecule has 3 N–H and O–H groups in total. The highest BCUT2D eigenvalue weighted by molar-refractivity contribution is 5.98. The number of aromatic amines is 1. The van der Waals surface area contributed by atoms with Gasteiger partial charge in [-0.15, -0.1) is 0 Å². The van der Waals surface area contributed by atoms with Gasteiger partial charge in [0, 0.05) is 11.8 Å². The van der Waals surface area contributed by atoms with E-state index in [4.69, 9.17) is 9.47 Å². The molecule has 1 aromatic rings. The number of H-pyrrole nitrogens is 1. The van der Waals surface area contributed by atoms with Gasteiger partial charge in [-0.2, -0.15) is 0 Å². The predicted molar refractivity (Wildman–Crippen MR) is 90.5 cm³/mol. The van der Waals surface area contributed by atoms with E-state index in [9.17, 15) is 19.2 Å². The van der Waals surface area contributed by atoms with Crippen molar-refractivity contribution in [1.29, 1.82) is 0 Å². The number of rotatable bonds is 7. The van der Waals surface area contributed by atoms with E-state index in [1.165, 1.54) is 19.2 Å². The highest BCUT2D eigenvalue weighted by Gasteiger charge is 2.32. The average molecular weight is 363 g/mol. The molecule has 1 aromatic heterocycles. The standard InChI is InChI=1S/C17H21N3O6/c1-4-11-14(16(23)25-5-2)13(20-17(24)19-11)8-26-15(22)12-6-10(7-18-12)9(3)21/h6-7,11,18H,4-5,8H2,1-3H3,(H2,19,20,24)/t11-/m1/s1. The summed E-state index contributed by atoms with van der Waals surface area (Å²) < 4.78 is 10.2. The monoisotopic (exact) mass is 363 g/mol. The topological polar surface area (TPSA) is 127 Å². The number of nitrogens with one attached hydrogen (secondary N) is 3. The molecule has 26 heavy (non-hydrogen) atoms. The van der Waals surface area contributed by atoms with Crippen LogP contribution in [0.3, 0.4) is 0 Å². The molecule has 2 rings (SSSR count). The van der Waals surface area contributed by atoms with Gasteiger partial charge >= 0.3 is 18.0 Å². The van der Waals surface area contributed by atoms with E-state index >= 15 is 0 Å². The second kappa shape index (κ2) is 8.32. The van der Waals surface area contributed by atoms with E-state index < -0.39 is 24.0 Å². The summed E-state index contributed by atoms with van der Waals surface area (Å²) in [7, 11) is 0. The maximum atomic E-state index is 12.2. The molecule has 0 aliphatic carbocycles. The van der Waals surface area contributed by atoms with E-state index in [-0.39, 0.29) is 36.0 Å². The number of hydrogen-bond acceptors (Lipinski definition) is 6. The summed E-state index contributed by atoms with van der Waals surface area (Å²) in [5.74, 6) is -1.49. The van der Waals surface area contributed by atoms with Gasteiger partial charge in [-0.25, -0.2) is 14.4 Å². The van der Waals surface area contributed by atoms with Crippen molar-refractivity contribution in [3.63, 3.8) is 0 Å². The van der Waals surface area contributed by atoms with Crippen molar-refractivity contribution >= 4 is 23.8 Å². The molecular weight excluding hydrogens is 342 g/mol. The number of carbonyl (C=O) groups excluding carboxylic acids is 4. The summed E-state index contributed by atoms with van der Waals surface area (Å²) in [5, 5.41) is 5.12. The van der Waals surface area contributed by atoms with Gasteiger partial charge in [0.05, 0.1) is 23.9 Å². The fourth-order valence-electron chi connectivity index (χ4n) is 2.51. The van der Waals surface area contributed by atoms with Crippen LogP contribution in [-0.2, 0) is 14.3 Å². The molecular formula is C17H21N3O6. The molecule has 9 nitrogen and oxygen atoms in total. The Balaban J connectivity index is 2.18. The lowest BCUT2D eigenvalue weighted by Crippen LogP contribution is -2.51. The Hall–Kier alpha value is -3.10. The van der Waals surface area contributed by atoms with Crippen molar-refractivity contribution in [2.75, 3.05) is 13.2 Å². The van der Waals surface area contributed by atoms with Gasteiger partial charge in [0.25, 0.3) is 0 Å². The molecule has 1 aliphatic heterocycles. The van der Waals surface area contributed by atoms with Crippen LogP contribution in [0.5, 0.6) is 0 Å². The number of esters is 2. The Morgan fingerprint density at radius 3 is 2.46 bits per heavy atom. The maximum Gasteiger partial charge on any atom is 0.355 e. The van der Waals surface area contributed by atoms with E-state index in [0.717, 1.165) is 0 Å². The minimum Gasteiger partial charge on any atom is -0.463 e. The van der Waals surface area contributed by atoms with Gasteiger partial charge in [0.15, 0.2) is 5.78 Å². The Morgan fingerprint density at radius 1 is 1.15 bits per heavy atom. The number of carbonyl (C=O) groups is 4. The summed E-state index contributed by atoms with van der Waals surface area (Å²) in [5.41, 5.74) is 0.841. The van der Waals surface area contributed by atoms with Crippen molar-refractivity contribution in [3.8, 4) is 0 Å². The fourth-order valence-corrected chi connectivity index (χ4v) is 2.51. The van der Waals surface area contributed by atoms with Crippen LogP contribution < -0.4 is 10.6 Å². The van der Waals surface area contributed by atoms with E-state index in [1.54, 1.807) is 13.8 Å². The number of ether oxygens (including phenoxy) is 2. The molecule has 0 saturated heterocycles. The Morgan fingerprint density at radius 2 is 1.88 bits per heavy atom. The van der Waals surface area contributed by atoms with Crippen LogP contribution in [0.25, 0.3) is 0 Å². The molecule has 0 fully saturated rings. The molecule has 9 heteroatoms. The molecule has 0 aromatic carbocycles. The van der Waals surface area contributed by atoms with Gasteiger partial charge in [0.1, 0.15) is 12.3 Å². The lowest BCUT2D eigenvalue weighted by atomic mass is 10.0. The summed E-state index contributed by atoms with van der Waals surface area (Å²) in [6.45, 7) is 4.72. The molecule has 0 unspecified atom stereocenters. The second-order valence-corrected chi connectivity index (χ2v) is 5.61. The number of aromatic nitrogens is 1. The quantitative estimate of drug-likeness (QED) is 0.495. The van der Waals surface area contributed by atoms with Gasteiger partial charge in [-0.1, -0.05) is 6.92 Å². The highest BCUT2D eigenvalue weighted by Crippen LogP contribution is 2.18. The van der Waals surface area contributed by atoms with E-state index in [0.29, 0.717) is 12.0 Å². The number of ketones is 1. The average Bonchev–Trinajstić information content (AvgIpc) is 3.09. The molecule has 1 atom stereocenters. The Bertz CT molecular complexity index is 764. The third-order valence-corrected chi connectivity index (χ3v) is 3.80. The first kappa shape index (κ1) is 19.2. The second-order valence-electron chi connectivity index (χ2n) is 5.61. The van der Waals surface area contributed by atoms with Gasteiger partial charge in [0.2, 0.25) is 0 Å². The maximum absolute atomic E-state index is 12.2. The normalized spacial score (nSPS) is 16.6. The van der Waals surface area contributed by atoms with Gasteiger partial charge in [-0.05, 0) is 26.3 Å². The van der Waals surface area contributed by atoms with E-state index in [2.05, 4.69) is 15.6 Å². The molecule has 140 valence electrons. The summed E-state index contributed by atoms with van der Waals surface area (Å²) in [4.78, 5) is 50.1. The largest absolute Gasteiger partial charge is 0.463 e. The van der Waals surface area contributed by atoms with Crippen LogP contribution in [0.4, 0.5) is 4.79 Å². The Kier molecular flexibility index (Phi) is 6.16. The third kappa shape index (κ3) is 4.29. The lowest BCUT2D eigenvalue weighted by molar-refractivity contribution is -0.139. The molecule has 1 aliphatic rings. The third-order valence-electron chi connectivity index (χ3n) is 3.80. The van der Waals surface area contributed by atoms with Crippen LogP contribution in [0.2, 0.25) is 0 Å². The van der Waals surface area contributed by atoms with Gasteiger partial charge < -0.3 is 25.1 Å². The minimum atomic E-state index is -0.714. The van der Waals surface area contributed by atoms with Crippen molar-refractivity contribution in [1.82, 2.24) is 15.6 Å². The zero-order valence-corrected chi connectivity index (χ0v) is 14.8. The van der Waals surface area contributed by atoms with Crippen molar-refractivity contribution in [2.24, 2.45) is 0 Å². The summed E-state index contributed by atoms with van der Waals surface area (Å²) in [6, 6.07) is 0.349. The van der Waals surface area contributed by atoms with Crippen LogP contribution in [0.1, 0.15) is 48.0 Å². The Labute approximate surface area is 150 Å². The van der Waals surface area contributed by atoms with Crippen molar-refractivity contribution in [3.05, 3.63) is 34.8 Å². The van der Waals surface area contributed by atoms with Gasteiger partial charge in [-0.3, -0.25) is 4.79 Å². The van der Waals surface area contributed by atoms with Crippen LogP contribution in [0.15, 0.2) is 23.5 Å². The smallest absolute Gasteiger partial charge is 0.355 e. The summed E-state index contributed by atoms with van der Waals surface area (Å²) in [6.07, 6.45) is 1.87. The first-order valence-electron chi connectivity index (χ1n) is 8.21. The molecule has 0 saturated carbocycles. The first-order chi connectivity index (χ1) is 12.4. The minimum absolute atomic E-state index is 0.0980. The molecule has 2 heterocycles. The number of urea groups is 1. The number of Topliss-reactive ketones (excluding diaryl/α,β-unsaturated/α-hetero) is 1. The predicted octanol–water partition coefficient (Wildman–Crippen LogP) is 1.28. The van der Waals surface area contributed by atoms with Crippen molar-refractivity contribution < 1.29 is 28.7 Å². The van der Waals surface area contributed by atoms with E-state index in [1.807, 2.05) is 0 Å². The molecule has 0 radical (unpaired) electrons. The fraction of sp³-hybridized carbons (Fsp3) is 0.412. The number of amides is 2. The van der Waals surface area contributed by atoms with Crippen molar-refractivity contribution in [2.45, 2.75) is 33.2 Å². The molecule has 0 bridgehead atoms. The lowest BCUT2D eigenvalue weighted by Gasteiger charge is -2.28. The zero-order valence-electron chi connectivity index (χ0n) is 14.8. The van der Waals surface area contributed by atoms with Crippen LogP contribution in [0, 0.1) is 0 Å². The zero-order chi connectivity index (χ0) is 19.3. The highest BCUT2D eigenvalue weighted by atomic mass is 16.5. The first-order valence-corrected chi connectivity index (χ1v) is 8.21. The SMILES string of the molecule is CCOC(=O)C1=C(COC(=O)c2cc(C(C)=O)c[nH]2)NC(=O)N[C@@H]1CC. The molecule has 0 spiro atoms. The van der Waals surface area contributed by atoms with Crippen LogP contribution >= 0.6 is 0 Å². The van der Waals surface area contributed by atoms with Crippen LogP contribution in [-0.4, -0.2) is 48.0 Å².